The molecule has 0 bridgehead atoms. The minimum absolute atomic E-state index is 0.164. The molecule has 4 N–H and O–H groups in total. The Hall–Kier alpha value is -2.15. The number of anilines is 1. The predicted octanol–water partition coefficient (Wildman–Crippen LogP) is 3.14. The second-order valence-corrected chi connectivity index (χ2v) is 8.18. The van der Waals surface area contributed by atoms with Crippen LogP contribution in [0, 0.1) is 5.92 Å². The highest BCUT2D eigenvalue weighted by atomic mass is 16.4. The normalized spacial score (nSPS) is 14.1. The van der Waals surface area contributed by atoms with Crippen molar-refractivity contribution in [3.63, 3.8) is 0 Å². The third-order valence-electron chi connectivity index (χ3n) is 5.86. The highest BCUT2D eigenvalue weighted by Gasteiger charge is 2.20. The van der Waals surface area contributed by atoms with Crippen LogP contribution in [0.3, 0.4) is 0 Å². The highest BCUT2D eigenvalue weighted by molar-refractivity contribution is 5.83. The average Bonchev–Trinajstić information content (AvgIpc) is 2.75. The molecule has 7 nitrogen and oxygen atoms in total. The van der Waals surface area contributed by atoms with Gasteiger partial charge in [-0.1, -0.05) is 32.8 Å². The Morgan fingerprint density at radius 1 is 1.20 bits per heavy atom. The number of nitrogens with one attached hydrogen (secondary N) is 3. The molecule has 0 saturated heterocycles. The molecule has 1 amide bonds. The van der Waals surface area contributed by atoms with E-state index >= 15 is 0 Å². The number of hydrogen-bond acceptors (Lipinski definition) is 5. The lowest BCUT2D eigenvalue weighted by Gasteiger charge is -2.18. The zero-order valence-corrected chi connectivity index (χ0v) is 18.5. The molecule has 1 unspecified atom stereocenters. The second-order valence-electron chi connectivity index (χ2n) is 8.18. The summed E-state index contributed by atoms with van der Waals surface area (Å²) in [7, 11) is 0. The fourth-order valence-electron chi connectivity index (χ4n) is 3.79. The first-order valence-electron chi connectivity index (χ1n) is 11.5. The third kappa shape index (κ3) is 8.30. The second kappa shape index (κ2) is 13.2. The predicted molar refractivity (Wildman–Crippen MR) is 120 cm³/mol. The molecule has 1 aliphatic rings. The monoisotopic (exact) mass is 418 g/mol. The number of carboxylic acids is 1. The number of amides is 1. The summed E-state index contributed by atoms with van der Waals surface area (Å²) in [6, 6.07) is 3.48. The number of aryl methyl sites for hydroxylation is 2. The van der Waals surface area contributed by atoms with Crippen LogP contribution < -0.4 is 16.0 Å². The van der Waals surface area contributed by atoms with E-state index in [0.717, 1.165) is 63.1 Å². The fraction of sp³-hybridized carbons (Fsp3) is 0.696. The number of unbranched alkanes of at least 4 members (excludes halogenated alkanes) is 1. The quantitative estimate of drug-likeness (QED) is 0.346. The van der Waals surface area contributed by atoms with Crippen LogP contribution in [0.1, 0.15) is 70.1 Å². The van der Waals surface area contributed by atoms with E-state index < -0.39 is 12.0 Å². The van der Waals surface area contributed by atoms with Crippen LogP contribution in [-0.2, 0) is 22.4 Å². The van der Waals surface area contributed by atoms with Gasteiger partial charge in [-0.05, 0) is 69.2 Å². The minimum Gasteiger partial charge on any atom is -0.480 e. The van der Waals surface area contributed by atoms with Gasteiger partial charge >= 0.3 is 5.97 Å². The van der Waals surface area contributed by atoms with Gasteiger partial charge in [0.1, 0.15) is 11.9 Å². The summed E-state index contributed by atoms with van der Waals surface area (Å²) in [6.07, 6.45) is 7.91. The first kappa shape index (κ1) is 24.1. The summed E-state index contributed by atoms with van der Waals surface area (Å²) in [5.41, 5.74) is 2.43. The number of hydrogen-bond donors (Lipinski definition) is 4. The molecule has 1 aliphatic heterocycles. The van der Waals surface area contributed by atoms with Crippen molar-refractivity contribution < 1.29 is 14.7 Å². The summed E-state index contributed by atoms with van der Waals surface area (Å²) < 4.78 is 0. The van der Waals surface area contributed by atoms with Gasteiger partial charge in [0.05, 0.1) is 0 Å². The molecule has 168 valence electrons. The molecule has 1 aromatic rings. The molecule has 0 spiro atoms. The van der Waals surface area contributed by atoms with Crippen LogP contribution in [0.25, 0.3) is 0 Å². The molecule has 1 aromatic heterocycles. The van der Waals surface area contributed by atoms with Crippen LogP contribution >= 0.6 is 0 Å². The number of carbonyl (C=O) groups excluding carboxylic acids is 1. The number of aliphatic carboxylic acids is 1. The van der Waals surface area contributed by atoms with Gasteiger partial charge < -0.3 is 21.1 Å². The van der Waals surface area contributed by atoms with E-state index in [9.17, 15) is 14.7 Å². The number of carbonyl (C=O) groups is 2. The average molecular weight is 419 g/mol. The van der Waals surface area contributed by atoms with Crippen molar-refractivity contribution in [2.75, 3.05) is 25.0 Å². The maximum absolute atomic E-state index is 12.1. The molecule has 0 aliphatic carbocycles. The maximum Gasteiger partial charge on any atom is 0.326 e. The standard InChI is InChI=1S/C23H38N4O3/c1-3-17(4-2)16-21(28)27-20(23(29)30)12-15-24-13-6-5-9-19-11-10-18-8-7-14-25-22(18)26-19/h10-11,17,20,24H,3-9,12-16H2,1-2H3,(H,25,26)(H,27,28)(H,29,30). The van der Waals surface area contributed by atoms with Crippen molar-refractivity contribution in [1.29, 1.82) is 0 Å². The molecule has 30 heavy (non-hydrogen) atoms. The molecule has 7 heteroatoms. The topological polar surface area (TPSA) is 103 Å². The Morgan fingerprint density at radius 3 is 2.73 bits per heavy atom. The Kier molecular flexibility index (Phi) is 10.6. The smallest absolute Gasteiger partial charge is 0.326 e. The van der Waals surface area contributed by atoms with Crippen molar-refractivity contribution in [3.8, 4) is 0 Å². The summed E-state index contributed by atoms with van der Waals surface area (Å²) in [5, 5.41) is 18.7. The fourth-order valence-corrected chi connectivity index (χ4v) is 3.79. The molecule has 2 heterocycles. The van der Waals surface area contributed by atoms with Crippen LogP contribution in [0.2, 0.25) is 0 Å². The lowest BCUT2D eigenvalue weighted by Crippen LogP contribution is -2.43. The lowest BCUT2D eigenvalue weighted by atomic mass is 9.99. The number of rotatable bonds is 14. The zero-order valence-electron chi connectivity index (χ0n) is 18.5. The number of fused-ring (bicyclic) bond motifs is 1. The van der Waals surface area contributed by atoms with E-state index in [4.69, 9.17) is 4.98 Å². The zero-order chi connectivity index (χ0) is 21.8. The molecule has 0 radical (unpaired) electrons. The Bertz CT molecular complexity index is 676. The maximum atomic E-state index is 12.1. The van der Waals surface area contributed by atoms with Crippen LogP contribution in [0.5, 0.6) is 0 Å². The van der Waals surface area contributed by atoms with Crippen molar-refractivity contribution in [2.45, 2.75) is 77.7 Å². The van der Waals surface area contributed by atoms with E-state index in [-0.39, 0.29) is 5.91 Å². The van der Waals surface area contributed by atoms with Gasteiger partial charge in [0, 0.05) is 18.7 Å². The van der Waals surface area contributed by atoms with Gasteiger partial charge in [0.15, 0.2) is 0 Å². The summed E-state index contributed by atoms with van der Waals surface area (Å²) in [4.78, 5) is 28.2. The van der Waals surface area contributed by atoms with Gasteiger partial charge in [0.2, 0.25) is 5.91 Å². The SMILES string of the molecule is CCC(CC)CC(=O)NC(CCNCCCCc1ccc2c(n1)NCCC2)C(=O)O. The molecule has 0 saturated carbocycles. The Balaban J connectivity index is 1.60. The Morgan fingerprint density at radius 2 is 2.00 bits per heavy atom. The molecule has 0 fully saturated rings. The van der Waals surface area contributed by atoms with Crippen LogP contribution in [0.4, 0.5) is 5.82 Å². The van der Waals surface area contributed by atoms with Gasteiger partial charge in [-0.2, -0.15) is 0 Å². The van der Waals surface area contributed by atoms with E-state index in [2.05, 4.69) is 41.9 Å². The Labute approximate surface area is 180 Å². The third-order valence-corrected chi connectivity index (χ3v) is 5.86. The summed E-state index contributed by atoms with van der Waals surface area (Å²) >= 11 is 0. The van der Waals surface area contributed by atoms with Gasteiger partial charge in [0.25, 0.3) is 0 Å². The van der Waals surface area contributed by atoms with Crippen molar-refractivity contribution in [1.82, 2.24) is 15.6 Å². The number of nitrogens with zero attached hydrogens (tertiary/aromatic N) is 1. The molecular weight excluding hydrogens is 380 g/mol. The van der Waals surface area contributed by atoms with E-state index in [1.165, 1.54) is 12.0 Å². The summed E-state index contributed by atoms with van der Waals surface area (Å²) in [5.74, 6) is 0.228. The molecule has 1 atom stereocenters. The number of carboxylic acid groups (broad SMARTS) is 1. The minimum atomic E-state index is -0.971. The highest BCUT2D eigenvalue weighted by Crippen LogP contribution is 2.20. The number of aromatic nitrogens is 1. The largest absolute Gasteiger partial charge is 0.480 e. The lowest BCUT2D eigenvalue weighted by molar-refractivity contribution is -0.142. The number of pyridine rings is 1. The van der Waals surface area contributed by atoms with Gasteiger partial charge in [-0.25, -0.2) is 9.78 Å². The van der Waals surface area contributed by atoms with Crippen LogP contribution in [0.15, 0.2) is 12.1 Å². The molecule has 0 aromatic carbocycles. The molecule has 2 rings (SSSR count). The van der Waals surface area contributed by atoms with Crippen molar-refractivity contribution in [2.24, 2.45) is 5.92 Å². The first-order valence-corrected chi connectivity index (χ1v) is 11.5. The van der Waals surface area contributed by atoms with E-state index in [1.54, 1.807) is 0 Å². The van der Waals surface area contributed by atoms with Gasteiger partial charge in [-0.15, -0.1) is 0 Å². The van der Waals surface area contributed by atoms with Crippen molar-refractivity contribution in [3.05, 3.63) is 23.4 Å². The van der Waals surface area contributed by atoms with Crippen LogP contribution in [-0.4, -0.2) is 47.6 Å². The molecular formula is C23H38N4O3. The summed E-state index contributed by atoms with van der Waals surface area (Å²) in [6.45, 7) is 6.51. The first-order chi connectivity index (χ1) is 14.5. The van der Waals surface area contributed by atoms with Gasteiger partial charge in [-0.3, -0.25) is 4.79 Å². The van der Waals surface area contributed by atoms with E-state index in [0.29, 0.717) is 25.3 Å². The van der Waals surface area contributed by atoms with E-state index in [1.807, 2.05) is 0 Å². The van der Waals surface area contributed by atoms with Crippen molar-refractivity contribution >= 4 is 17.7 Å².